The molecule has 0 aliphatic carbocycles. The molecule has 0 spiro atoms. The number of hydrogen-bond donors (Lipinski definition) is 1. The summed E-state index contributed by atoms with van der Waals surface area (Å²) in [6.07, 6.45) is 3.11. The van der Waals surface area contributed by atoms with Crippen molar-refractivity contribution in [2.24, 2.45) is 5.92 Å². The first-order valence-corrected chi connectivity index (χ1v) is 10.5. The molecule has 2 aromatic rings. The van der Waals surface area contributed by atoms with Gasteiger partial charge in [0.25, 0.3) is 0 Å². The van der Waals surface area contributed by atoms with Crippen molar-refractivity contribution in [2.45, 2.75) is 25.8 Å². The van der Waals surface area contributed by atoms with Gasteiger partial charge in [-0.15, -0.1) is 0 Å². The molecule has 0 bridgehead atoms. The lowest BCUT2D eigenvalue weighted by Gasteiger charge is -2.32. The highest BCUT2D eigenvalue weighted by molar-refractivity contribution is 7.90. The van der Waals surface area contributed by atoms with Gasteiger partial charge in [0, 0.05) is 32.3 Å². The van der Waals surface area contributed by atoms with Crippen molar-refractivity contribution in [3.63, 3.8) is 0 Å². The van der Waals surface area contributed by atoms with Crippen molar-refractivity contribution in [1.82, 2.24) is 14.5 Å². The van der Waals surface area contributed by atoms with E-state index in [2.05, 4.69) is 4.98 Å². The van der Waals surface area contributed by atoms with Gasteiger partial charge in [-0.2, -0.15) is 0 Å². The van der Waals surface area contributed by atoms with Crippen LogP contribution in [0, 0.1) is 5.92 Å². The first kappa shape index (κ1) is 17.7. The summed E-state index contributed by atoms with van der Waals surface area (Å²) in [6.45, 7) is 1.45. The molecule has 1 atom stereocenters. The maximum absolute atomic E-state index is 12.5. The van der Waals surface area contributed by atoms with Crippen LogP contribution < -0.4 is 5.69 Å². The molecule has 8 heteroatoms. The van der Waals surface area contributed by atoms with Crippen LogP contribution in [0.15, 0.2) is 29.1 Å². The summed E-state index contributed by atoms with van der Waals surface area (Å²) in [7, 11) is -3.04. The van der Waals surface area contributed by atoms with Crippen molar-refractivity contribution >= 4 is 26.8 Å². The lowest BCUT2D eigenvalue weighted by atomic mass is 10.00. The van der Waals surface area contributed by atoms with E-state index >= 15 is 0 Å². The van der Waals surface area contributed by atoms with Crippen LogP contribution in [0.1, 0.15) is 19.3 Å². The normalized spacial score (nSPS) is 18.6. The van der Waals surface area contributed by atoms with Crippen LogP contribution in [-0.4, -0.2) is 53.9 Å². The third-order valence-electron chi connectivity index (χ3n) is 4.64. The standard InChI is InChI=1S/C17H23N3O4S/c1-25(23,24)12-13-5-4-9-19(11-13)16(21)8-10-20-15-7-3-2-6-14(15)18-17(20)22/h2-3,6-7,13H,4-5,8-12H2,1H3,(H,18,22). The largest absolute Gasteiger partial charge is 0.342 e. The number of rotatable bonds is 5. The van der Waals surface area contributed by atoms with Crippen molar-refractivity contribution < 1.29 is 13.2 Å². The molecule has 1 aliphatic heterocycles. The molecule has 1 aromatic heterocycles. The Bertz CT molecular complexity index is 929. The number of likely N-dealkylation sites (tertiary alicyclic amines) is 1. The number of nitrogens with one attached hydrogen (secondary N) is 1. The minimum atomic E-state index is -3.04. The van der Waals surface area contributed by atoms with E-state index in [0.29, 0.717) is 19.6 Å². The molecular formula is C17H23N3O4S. The minimum Gasteiger partial charge on any atom is -0.342 e. The molecule has 1 unspecified atom stereocenters. The molecule has 25 heavy (non-hydrogen) atoms. The zero-order valence-electron chi connectivity index (χ0n) is 14.3. The van der Waals surface area contributed by atoms with Crippen LogP contribution in [0.25, 0.3) is 11.0 Å². The van der Waals surface area contributed by atoms with Gasteiger partial charge in [-0.3, -0.25) is 9.36 Å². The van der Waals surface area contributed by atoms with E-state index in [1.807, 2.05) is 24.3 Å². The van der Waals surface area contributed by atoms with Crippen LogP contribution in [0.2, 0.25) is 0 Å². The van der Waals surface area contributed by atoms with Gasteiger partial charge in [-0.05, 0) is 30.9 Å². The third kappa shape index (κ3) is 4.31. The monoisotopic (exact) mass is 365 g/mol. The molecule has 1 fully saturated rings. The Labute approximate surface area is 146 Å². The smallest absolute Gasteiger partial charge is 0.326 e. The quantitative estimate of drug-likeness (QED) is 0.856. The van der Waals surface area contributed by atoms with Crippen molar-refractivity contribution in [1.29, 1.82) is 0 Å². The highest BCUT2D eigenvalue weighted by Crippen LogP contribution is 2.19. The average Bonchev–Trinajstić information content (AvgIpc) is 2.86. The molecule has 136 valence electrons. The van der Waals surface area contributed by atoms with Gasteiger partial charge in [0.1, 0.15) is 9.84 Å². The number of fused-ring (bicyclic) bond motifs is 1. The van der Waals surface area contributed by atoms with Gasteiger partial charge in [-0.25, -0.2) is 13.2 Å². The number of sulfone groups is 1. The maximum atomic E-state index is 12.5. The van der Waals surface area contributed by atoms with Crippen LogP contribution in [0.5, 0.6) is 0 Å². The molecular weight excluding hydrogens is 342 g/mol. The Morgan fingerprint density at radius 2 is 2.08 bits per heavy atom. The molecule has 7 nitrogen and oxygen atoms in total. The lowest BCUT2D eigenvalue weighted by molar-refractivity contribution is -0.133. The number of aryl methyl sites for hydroxylation is 1. The predicted molar refractivity (Wildman–Crippen MR) is 96.2 cm³/mol. The van der Waals surface area contributed by atoms with E-state index in [1.54, 1.807) is 9.47 Å². The molecule has 1 aliphatic rings. The molecule has 1 N–H and O–H groups in total. The molecule has 1 amide bonds. The van der Waals surface area contributed by atoms with E-state index < -0.39 is 9.84 Å². The molecule has 0 radical (unpaired) electrons. The van der Waals surface area contributed by atoms with Crippen molar-refractivity contribution in [3.05, 3.63) is 34.7 Å². The van der Waals surface area contributed by atoms with E-state index in [-0.39, 0.29) is 29.7 Å². The Hall–Kier alpha value is -2.09. The first-order chi connectivity index (χ1) is 11.8. The number of amides is 1. The number of nitrogens with zero attached hydrogens (tertiary/aromatic N) is 2. The lowest BCUT2D eigenvalue weighted by Crippen LogP contribution is -2.42. The Morgan fingerprint density at radius 3 is 2.84 bits per heavy atom. The fourth-order valence-electron chi connectivity index (χ4n) is 3.55. The zero-order chi connectivity index (χ0) is 18.0. The predicted octanol–water partition coefficient (Wildman–Crippen LogP) is 1.00. The Morgan fingerprint density at radius 1 is 1.32 bits per heavy atom. The number of piperidine rings is 1. The summed E-state index contributed by atoms with van der Waals surface area (Å²) in [4.78, 5) is 29.1. The van der Waals surface area contributed by atoms with Gasteiger partial charge < -0.3 is 9.88 Å². The second kappa shape index (κ2) is 7.03. The van der Waals surface area contributed by atoms with E-state index in [0.717, 1.165) is 23.9 Å². The number of para-hydroxylation sites is 2. The van der Waals surface area contributed by atoms with E-state index in [1.165, 1.54) is 6.26 Å². The molecule has 2 heterocycles. The summed E-state index contributed by atoms with van der Waals surface area (Å²) in [6, 6.07) is 7.38. The number of aromatic nitrogens is 2. The number of carbonyl (C=O) groups is 1. The molecule has 1 saturated heterocycles. The highest BCUT2D eigenvalue weighted by atomic mass is 32.2. The summed E-state index contributed by atoms with van der Waals surface area (Å²) in [5.74, 6) is 0.0949. The number of aromatic amines is 1. The van der Waals surface area contributed by atoms with Crippen LogP contribution in [0.4, 0.5) is 0 Å². The van der Waals surface area contributed by atoms with Crippen molar-refractivity contribution in [3.8, 4) is 0 Å². The fourth-order valence-corrected chi connectivity index (χ4v) is 4.68. The molecule has 0 saturated carbocycles. The molecule has 1 aromatic carbocycles. The van der Waals surface area contributed by atoms with E-state index in [9.17, 15) is 18.0 Å². The van der Waals surface area contributed by atoms with Crippen LogP contribution in [0.3, 0.4) is 0 Å². The SMILES string of the molecule is CS(=O)(=O)CC1CCCN(C(=O)CCn2c(=O)[nH]c3ccccc32)C1. The van der Waals surface area contributed by atoms with Crippen molar-refractivity contribution in [2.75, 3.05) is 25.1 Å². The number of imidazole rings is 1. The van der Waals surface area contributed by atoms with Crippen LogP contribution >= 0.6 is 0 Å². The molecule has 3 rings (SSSR count). The first-order valence-electron chi connectivity index (χ1n) is 8.46. The topological polar surface area (TPSA) is 92.2 Å². The summed E-state index contributed by atoms with van der Waals surface area (Å²) < 4.78 is 24.5. The van der Waals surface area contributed by atoms with Gasteiger partial charge in [0.05, 0.1) is 16.8 Å². The minimum absolute atomic E-state index is 0.00325. The second-order valence-corrected chi connectivity index (χ2v) is 8.97. The van der Waals surface area contributed by atoms with Gasteiger partial charge >= 0.3 is 5.69 Å². The van der Waals surface area contributed by atoms with Crippen LogP contribution in [-0.2, 0) is 21.2 Å². The summed E-state index contributed by atoms with van der Waals surface area (Å²) in [5, 5.41) is 0. The average molecular weight is 365 g/mol. The Balaban J connectivity index is 1.64. The summed E-state index contributed by atoms with van der Waals surface area (Å²) in [5.41, 5.74) is 1.32. The van der Waals surface area contributed by atoms with Gasteiger partial charge in [-0.1, -0.05) is 12.1 Å². The Kier molecular flexibility index (Phi) is 4.99. The number of hydrogen-bond acceptors (Lipinski definition) is 4. The number of carbonyl (C=O) groups excluding carboxylic acids is 1. The van der Waals surface area contributed by atoms with E-state index in [4.69, 9.17) is 0 Å². The highest BCUT2D eigenvalue weighted by Gasteiger charge is 2.26. The number of H-pyrrole nitrogens is 1. The zero-order valence-corrected chi connectivity index (χ0v) is 15.1. The van der Waals surface area contributed by atoms with Gasteiger partial charge in [0.15, 0.2) is 0 Å². The maximum Gasteiger partial charge on any atom is 0.326 e. The fraction of sp³-hybridized carbons (Fsp3) is 0.529. The van der Waals surface area contributed by atoms with Gasteiger partial charge in [0.2, 0.25) is 5.91 Å². The third-order valence-corrected chi connectivity index (χ3v) is 5.72. The number of benzene rings is 1. The second-order valence-electron chi connectivity index (χ2n) is 6.79. The summed E-state index contributed by atoms with van der Waals surface area (Å²) >= 11 is 0.